The molecular formula is C14H22N2O. The Morgan fingerprint density at radius 3 is 3.18 bits per heavy atom. The van der Waals surface area contributed by atoms with E-state index in [0.29, 0.717) is 12.5 Å². The SMILES string of the molecule is C=CCCCOc1cc(CNCCC)ccn1. The van der Waals surface area contributed by atoms with Crippen molar-refractivity contribution < 1.29 is 4.74 Å². The molecule has 0 radical (unpaired) electrons. The maximum atomic E-state index is 5.57. The minimum Gasteiger partial charge on any atom is -0.478 e. The molecule has 17 heavy (non-hydrogen) atoms. The highest BCUT2D eigenvalue weighted by Gasteiger charge is 1.98. The summed E-state index contributed by atoms with van der Waals surface area (Å²) in [6, 6.07) is 4.01. The molecule has 3 nitrogen and oxygen atoms in total. The van der Waals surface area contributed by atoms with Gasteiger partial charge < -0.3 is 10.1 Å². The number of unbranched alkanes of at least 4 members (excludes halogenated alkanes) is 1. The summed E-state index contributed by atoms with van der Waals surface area (Å²) in [5.41, 5.74) is 1.21. The van der Waals surface area contributed by atoms with Crippen molar-refractivity contribution in [2.45, 2.75) is 32.7 Å². The fourth-order valence-electron chi connectivity index (χ4n) is 1.45. The van der Waals surface area contributed by atoms with Crippen molar-refractivity contribution in [2.24, 2.45) is 0 Å². The Kier molecular flexibility index (Phi) is 7.07. The zero-order valence-corrected chi connectivity index (χ0v) is 10.6. The third kappa shape index (κ3) is 6.07. The Morgan fingerprint density at radius 2 is 2.41 bits per heavy atom. The molecular weight excluding hydrogens is 212 g/mol. The summed E-state index contributed by atoms with van der Waals surface area (Å²) in [5, 5.41) is 3.36. The van der Waals surface area contributed by atoms with Crippen LogP contribution in [0.1, 0.15) is 31.7 Å². The molecule has 0 amide bonds. The summed E-state index contributed by atoms with van der Waals surface area (Å²) in [4.78, 5) is 4.19. The van der Waals surface area contributed by atoms with Crippen molar-refractivity contribution in [1.29, 1.82) is 0 Å². The van der Waals surface area contributed by atoms with E-state index in [2.05, 4.69) is 23.8 Å². The molecule has 0 aliphatic rings. The van der Waals surface area contributed by atoms with Crippen molar-refractivity contribution in [2.75, 3.05) is 13.2 Å². The first kappa shape index (κ1) is 13.7. The van der Waals surface area contributed by atoms with Gasteiger partial charge in [-0.3, -0.25) is 0 Å². The summed E-state index contributed by atoms with van der Waals surface area (Å²) < 4.78 is 5.57. The number of nitrogens with one attached hydrogen (secondary N) is 1. The quantitative estimate of drug-likeness (QED) is 0.527. The molecule has 3 heteroatoms. The molecule has 1 N–H and O–H groups in total. The molecule has 1 aromatic heterocycles. The number of ether oxygens (including phenoxy) is 1. The summed E-state index contributed by atoms with van der Waals surface area (Å²) >= 11 is 0. The first-order valence-corrected chi connectivity index (χ1v) is 6.26. The van der Waals surface area contributed by atoms with Gasteiger partial charge >= 0.3 is 0 Å². The fraction of sp³-hybridized carbons (Fsp3) is 0.500. The van der Waals surface area contributed by atoms with E-state index >= 15 is 0 Å². The van der Waals surface area contributed by atoms with E-state index in [4.69, 9.17) is 4.74 Å². The van der Waals surface area contributed by atoms with Crippen molar-refractivity contribution in [1.82, 2.24) is 10.3 Å². The molecule has 0 aliphatic heterocycles. The minimum absolute atomic E-state index is 0.699. The van der Waals surface area contributed by atoms with Crippen LogP contribution in [0.4, 0.5) is 0 Å². The molecule has 0 saturated carbocycles. The second kappa shape index (κ2) is 8.76. The van der Waals surface area contributed by atoms with E-state index < -0.39 is 0 Å². The third-order valence-corrected chi connectivity index (χ3v) is 2.36. The topological polar surface area (TPSA) is 34.1 Å². The van der Waals surface area contributed by atoms with Gasteiger partial charge in [-0.1, -0.05) is 13.0 Å². The molecule has 94 valence electrons. The van der Waals surface area contributed by atoms with E-state index in [9.17, 15) is 0 Å². The Labute approximate surface area is 104 Å². The molecule has 0 unspecified atom stereocenters. The highest BCUT2D eigenvalue weighted by Crippen LogP contribution is 2.09. The lowest BCUT2D eigenvalue weighted by Gasteiger charge is -2.07. The predicted octanol–water partition coefficient (Wildman–Crippen LogP) is 2.93. The lowest BCUT2D eigenvalue weighted by molar-refractivity contribution is 0.300. The molecule has 0 saturated heterocycles. The van der Waals surface area contributed by atoms with Crippen LogP contribution in [0.3, 0.4) is 0 Å². The molecule has 0 fully saturated rings. The number of nitrogens with zero attached hydrogens (tertiary/aromatic N) is 1. The standard InChI is InChI=1S/C14H22N2O/c1-3-5-6-10-17-14-11-13(7-9-16-14)12-15-8-4-2/h3,7,9,11,15H,1,4-6,8,10,12H2,2H3. The molecule has 0 aliphatic carbocycles. The van der Waals surface area contributed by atoms with E-state index in [1.807, 2.05) is 18.2 Å². The predicted molar refractivity (Wildman–Crippen MR) is 71.2 cm³/mol. The number of pyridine rings is 1. The van der Waals surface area contributed by atoms with Crippen LogP contribution >= 0.6 is 0 Å². The molecule has 0 aromatic carbocycles. The number of rotatable bonds is 9. The lowest BCUT2D eigenvalue weighted by atomic mass is 10.2. The Bertz CT molecular complexity index is 326. The fourth-order valence-corrected chi connectivity index (χ4v) is 1.45. The molecule has 0 spiro atoms. The summed E-state index contributed by atoms with van der Waals surface area (Å²) in [5.74, 6) is 0.713. The van der Waals surface area contributed by atoms with Gasteiger partial charge in [0.05, 0.1) is 6.61 Å². The summed E-state index contributed by atoms with van der Waals surface area (Å²) in [7, 11) is 0. The molecule has 1 aromatic rings. The molecule has 1 rings (SSSR count). The Morgan fingerprint density at radius 1 is 1.53 bits per heavy atom. The van der Waals surface area contributed by atoms with Gasteiger partial charge in [0.15, 0.2) is 0 Å². The van der Waals surface area contributed by atoms with Gasteiger partial charge in [0.25, 0.3) is 0 Å². The number of hydrogen-bond donors (Lipinski definition) is 1. The van der Waals surface area contributed by atoms with Crippen molar-refractivity contribution >= 4 is 0 Å². The second-order valence-electron chi connectivity index (χ2n) is 3.96. The van der Waals surface area contributed by atoms with Crippen LogP contribution in [-0.4, -0.2) is 18.1 Å². The number of aromatic nitrogens is 1. The average Bonchev–Trinajstić information content (AvgIpc) is 2.36. The van der Waals surface area contributed by atoms with Gasteiger partial charge in [-0.2, -0.15) is 0 Å². The van der Waals surface area contributed by atoms with E-state index in [-0.39, 0.29) is 0 Å². The average molecular weight is 234 g/mol. The molecule has 0 atom stereocenters. The Balaban J connectivity index is 2.34. The number of allylic oxidation sites excluding steroid dienone is 1. The van der Waals surface area contributed by atoms with Crippen LogP contribution < -0.4 is 10.1 Å². The van der Waals surface area contributed by atoms with Crippen molar-refractivity contribution in [3.8, 4) is 5.88 Å². The van der Waals surface area contributed by atoms with Gasteiger partial charge in [0, 0.05) is 18.8 Å². The summed E-state index contributed by atoms with van der Waals surface area (Å²) in [6.45, 7) is 8.46. The van der Waals surface area contributed by atoms with Gasteiger partial charge in [0.1, 0.15) is 0 Å². The van der Waals surface area contributed by atoms with Crippen LogP contribution in [0.25, 0.3) is 0 Å². The van der Waals surface area contributed by atoms with Crippen LogP contribution in [0.15, 0.2) is 31.0 Å². The number of hydrogen-bond acceptors (Lipinski definition) is 3. The molecule has 1 heterocycles. The van der Waals surface area contributed by atoms with E-state index in [1.54, 1.807) is 6.20 Å². The minimum atomic E-state index is 0.699. The van der Waals surface area contributed by atoms with Gasteiger partial charge in [-0.05, 0) is 37.4 Å². The van der Waals surface area contributed by atoms with E-state index in [1.165, 1.54) is 5.56 Å². The van der Waals surface area contributed by atoms with Crippen molar-refractivity contribution in [3.63, 3.8) is 0 Å². The lowest BCUT2D eigenvalue weighted by Crippen LogP contribution is -2.13. The van der Waals surface area contributed by atoms with Crippen LogP contribution in [0.5, 0.6) is 5.88 Å². The Hall–Kier alpha value is -1.35. The van der Waals surface area contributed by atoms with Gasteiger partial charge in [-0.15, -0.1) is 6.58 Å². The summed E-state index contributed by atoms with van der Waals surface area (Å²) in [6.07, 6.45) is 6.82. The smallest absolute Gasteiger partial charge is 0.213 e. The highest BCUT2D eigenvalue weighted by atomic mass is 16.5. The first-order valence-electron chi connectivity index (χ1n) is 6.26. The second-order valence-corrected chi connectivity index (χ2v) is 3.96. The highest BCUT2D eigenvalue weighted by molar-refractivity contribution is 5.20. The van der Waals surface area contributed by atoms with Crippen LogP contribution in [-0.2, 0) is 6.54 Å². The maximum Gasteiger partial charge on any atom is 0.213 e. The molecule has 0 bridgehead atoms. The van der Waals surface area contributed by atoms with Gasteiger partial charge in [0.2, 0.25) is 5.88 Å². The van der Waals surface area contributed by atoms with Crippen molar-refractivity contribution in [3.05, 3.63) is 36.5 Å². The van der Waals surface area contributed by atoms with Crippen LogP contribution in [0.2, 0.25) is 0 Å². The zero-order valence-electron chi connectivity index (χ0n) is 10.6. The van der Waals surface area contributed by atoms with Gasteiger partial charge in [-0.25, -0.2) is 4.98 Å². The monoisotopic (exact) mass is 234 g/mol. The third-order valence-electron chi connectivity index (χ3n) is 2.36. The normalized spacial score (nSPS) is 10.2. The van der Waals surface area contributed by atoms with Crippen LogP contribution in [0, 0.1) is 0 Å². The maximum absolute atomic E-state index is 5.57. The largest absolute Gasteiger partial charge is 0.478 e. The zero-order chi connectivity index (χ0) is 12.3. The van der Waals surface area contributed by atoms with E-state index in [0.717, 1.165) is 32.4 Å². The first-order chi connectivity index (χ1) is 8.36.